The van der Waals surface area contributed by atoms with Crippen LogP contribution in [0.5, 0.6) is 0 Å². The zero-order valence-electron chi connectivity index (χ0n) is 29.3. The minimum Gasteiger partial charge on any atom is -0.456 e. The molecule has 1 aliphatic rings. The summed E-state index contributed by atoms with van der Waals surface area (Å²) in [5.74, 6) is 0.724. The predicted octanol–water partition coefficient (Wildman–Crippen LogP) is 12.8. The van der Waals surface area contributed by atoms with Gasteiger partial charge in [0.25, 0.3) is 0 Å². The van der Waals surface area contributed by atoms with Crippen molar-refractivity contribution in [2.45, 2.75) is 19.3 Å². The average molecular weight is 680 g/mol. The molecule has 0 N–H and O–H groups in total. The van der Waals surface area contributed by atoms with Crippen molar-refractivity contribution >= 4 is 43.7 Å². The molecular formula is C49H33N3O. The van der Waals surface area contributed by atoms with Gasteiger partial charge >= 0.3 is 0 Å². The highest BCUT2D eigenvalue weighted by Crippen LogP contribution is 2.54. The molecule has 0 atom stereocenters. The summed E-state index contributed by atoms with van der Waals surface area (Å²) >= 11 is 0. The summed E-state index contributed by atoms with van der Waals surface area (Å²) < 4.78 is 8.64. The molecule has 1 aliphatic carbocycles. The van der Waals surface area contributed by atoms with Crippen molar-refractivity contribution in [3.05, 3.63) is 175 Å². The first kappa shape index (κ1) is 29.9. The Kier molecular flexibility index (Phi) is 6.27. The van der Waals surface area contributed by atoms with Gasteiger partial charge in [-0.1, -0.05) is 129 Å². The highest BCUT2D eigenvalue weighted by Gasteiger charge is 2.40. The van der Waals surface area contributed by atoms with Crippen LogP contribution in [0, 0.1) is 0 Å². The molecule has 0 saturated heterocycles. The molecule has 11 rings (SSSR count). The Morgan fingerprint density at radius 3 is 2.02 bits per heavy atom. The first-order chi connectivity index (χ1) is 26.0. The molecule has 7 aromatic carbocycles. The van der Waals surface area contributed by atoms with Crippen molar-refractivity contribution in [2.75, 3.05) is 0 Å². The summed E-state index contributed by atoms with van der Waals surface area (Å²) in [6, 6.07) is 58.1. The van der Waals surface area contributed by atoms with Gasteiger partial charge in [-0.15, -0.1) is 0 Å². The van der Waals surface area contributed by atoms with Crippen LogP contribution in [0.15, 0.2) is 168 Å². The maximum absolute atomic E-state index is 6.17. The van der Waals surface area contributed by atoms with Crippen molar-refractivity contribution in [1.82, 2.24) is 14.5 Å². The zero-order chi connectivity index (χ0) is 35.3. The van der Waals surface area contributed by atoms with Crippen LogP contribution in [0.25, 0.3) is 94.5 Å². The van der Waals surface area contributed by atoms with Crippen LogP contribution in [0.3, 0.4) is 0 Å². The normalized spacial score (nSPS) is 13.2. The quantitative estimate of drug-likeness (QED) is 0.186. The smallest absolute Gasteiger partial charge is 0.160 e. The Bertz CT molecular complexity index is 3080. The van der Waals surface area contributed by atoms with Gasteiger partial charge in [-0.05, 0) is 70.8 Å². The van der Waals surface area contributed by atoms with Gasteiger partial charge in [0.2, 0.25) is 0 Å². The van der Waals surface area contributed by atoms with Crippen LogP contribution in [-0.4, -0.2) is 14.5 Å². The second kappa shape index (κ2) is 11.1. The maximum Gasteiger partial charge on any atom is 0.160 e. The second-order valence-electron chi connectivity index (χ2n) is 14.6. The number of furan rings is 1. The van der Waals surface area contributed by atoms with Crippen molar-refractivity contribution in [3.8, 4) is 50.7 Å². The van der Waals surface area contributed by atoms with E-state index in [9.17, 15) is 0 Å². The fourth-order valence-corrected chi connectivity index (χ4v) is 8.69. The lowest BCUT2D eigenvalue weighted by Gasteiger charge is -2.21. The van der Waals surface area contributed by atoms with Gasteiger partial charge in [-0.2, -0.15) is 0 Å². The molecule has 0 saturated carbocycles. The van der Waals surface area contributed by atoms with Gasteiger partial charge in [0.1, 0.15) is 11.2 Å². The van der Waals surface area contributed by atoms with Crippen LogP contribution in [0.1, 0.15) is 25.0 Å². The van der Waals surface area contributed by atoms with E-state index >= 15 is 0 Å². The molecule has 3 aromatic heterocycles. The first-order valence-corrected chi connectivity index (χ1v) is 18.2. The zero-order valence-corrected chi connectivity index (χ0v) is 29.3. The van der Waals surface area contributed by atoms with Crippen LogP contribution < -0.4 is 0 Å². The molecule has 4 heteroatoms. The molecule has 0 aliphatic heterocycles. The Labute approximate surface area is 306 Å². The molecule has 0 radical (unpaired) electrons. The molecule has 10 aromatic rings. The molecule has 250 valence electrons. The lowest BCUT2D eigenvalue weighted by Crippen LogP contribution is -2.14. The van der Waals surface area contributed by atoms with Gasteiger partial charge < -0.3 is 8.98 Å². The van der Waals surface area contributed by atoms with Gasteiger partial charge in [0, 0.05) is 49.3 Å². The number of hydrogen-bond acceptors (Lipinski definition) is 3. The lowest BCUT2D eigenvalue weighted by atomic mass is 9.81. The summed E-state index contributed by atoms with van der Waals surface area (Å²) in [5.41, 5.74) is 15.4. The summed E-state index contributed by atoms with van der Waals surface area (Å²) in [5, 5.41) is 4.55. The molecular weight excluding hydrogens is 647 g/mol. The summed E-state index contributed by atoms with van der Waals surface area (Å²) in [6.45, 7) is 4.73. The number of para-hydroxylation sites is 1. The van der Waals surface area contributed by atoms with Crippen LogP contribution in [0.4, 0.5) is 0 Å². The van der Waals surface area contributed by atoms with E-state index in [0.29, 0.717) is 0 Å². The second-order valence-corrected chi connectivity index (χ2v) is 14.6. The van der Waals surface area contributed by atoms with Gasteiger partial charge in [-0.3, -0.25) is 0 Å². The fourth-order valence-electron chi connectivity index (χ4n) is 8.69. The number of benzene rings is 7. The summed E-state index contributed by atoms with van der Waals surface area (Å²) in [6.07, 6.45) is 0. The van der Waals surface area contributed by atoms with Crippen LogP contribution in [-0.2, 0) is 5.41 Å². The molecule has 0 amide bonds. The van der Waals surface area contributed by atoms with E-state index in [1.54, 1.807) is 0 Å². The van der Waals surface area contributed by atoms with Crippen molar-refractivity contribution in [3.63, 3.8) is 0 Å². The third-order valence-corrected chi connectivity index (χ3v) is 11.2. The maximum atomic E-state index is 6.17. The molecule has 0 spiro atoms. The Balaban J connectivity index is 1.16. The third-order valence-electron chi connectivity index (χ3n) is 11.2. The molecule has 53 heavy (non-hydrogen) atoms. The number of rotatable bonds is 4. The molecule has 4 nitrogen and oxygen atoms in total. The SMILES string of the molecule is CC1(C)c2ccccc2-c2c1c1cc(-c3ccc4oc5ccccc5c4c3)ccc1n2-c1ccc2nc(-c3ccccc3)nc(-c3ccccc3)c2c1. The van der Waals surface area contributed by atoms with Crippen LogP contribution in [0.2, 0.25) is 0 Å². The topological polar surface area (TPSA) is 43.9 Å². The molecule has 0 fully saturated rings. The van der Waals surface area contributed by atoms with Crippen LogP contribution >= 0.6 is 0 Å². The van der Waals surface area contributed by atoms with E-state index in [4.69, 9.17) is 14.4 Å². The third kappa shape index (κ3) is 4.42. The first-order valence-electron chi connectivity index (χ1n) is 18.2. The Morgan fingerprint density at radius 2 is 1.19 bits per heavy atom. The van der Waals surface area contributed by atoms with E-state index in [2.05, 4.69) is 152 Å². The minimum atomic E-state index is -0.196. The van der Waals surface area contributed by atoms with Gasteiger partial charge in [-0.25, -0.2) is 9.97 Å². The van der Waals surface area contributed by atoms with E-state index in [1.165, 1.54) is 44.4 Å². The van der Waals surface area contributed by atoms with Crippen molar-refractivity contribution in [2.24, 2.45) is 0 Å². The Morgan fingerprint density at radius 1 is 0.509 bits per heavy atom. The molecule has 3 heterocycles. The van der Waals surface area contributed by atoms with Gasteiger partial charge in [0.05, 0.1) is 22.4 Å². The van der Waals surface area contributed by atoms with Crippen molar-refractivity contribution in [1.29, 1.82) is 0 Å². The number of hydrogen-bond donors (Lipinski definition) is 0. The minimum absolute atomic E-state index is 0.196. The van der Waals surface area contributed by atoms with E-state index < -0.39 is 0 Å². The highest BCUT2D eigenvalue weighted by atomic mass is 16.3. The van der Waals surface area contributed by atoms with E-state index in [0.717, 1.165) is 61.2 Å². The lowest BCUT2D eigenvalue weighted by molar-refractivity contribution is 0.666. The van der Waals surface area contributed by atoms with Gasteiger partial charge in [0.15, 0.2) is 5.82 Å². The largest absolute Gasteiger partial charge is 0.456 e. The van der Waals surface area contributed by atoms with E-state index in [1.807, 2.05) is 30.3 Å². The highest BCUT2D eigenvalue weighted by molar-refractivity contribution is 6.07. The monoisotopic (exact) mass is 679 g/mol. The molecule has 0 bridgehead atoms. The summed E-state index contributed by atoms with van der Waals surface area (Å²) in [4.78, 5) is 10.3. The molecule has 0 unspecified atom stereocenters. The van der Waals surface area contributed by atoms with E-state index in [-0.39, 0.29) is 5.41 Å². The van der Waals surface area contributed by atoms with Crippen molar-refractivity contribution < 1.29 is 4.42 Å². The predicted molar refractivity (Wildman–Crippen MR) is 218 cm³/mol. The fraction of sp³-hybridized carbons (Fsp3) is 0.0612. The summed E-state index contributed by atoms with van der Waals surface area (Å²) in [7, 11) is 0. The number of nitrogens with zero attached hydrogens (tertiary/aromatic N) is 3. The Hall–Kier alpha value is -6.78. The standard InChI is InChI=1S/C49H33N3O/c1-49(2)40-19-11-9-18-36(40)47-45(49)39-28-32(33-22-26-44-37(27-33)35-17-10-12-20-43(35)53-44)21-25-42(39)52(47)34-23-24-41-38(29-34)46(30-13-5-3-6-14-30)51-48(50-41)31-15-7-4-8-16-31/h3-29H,1-2H3. The average Bonchev–Trinajstić information content (AvgIpc) is 3.84. The number of aromatic nitrogens is 3. The number of fused-ring (bicyclic) bond motifs is 9.